The molecule has 0 aliphatic rings. The van der Waals surface area contributed by atoms with E-state index in [0.29, 0.717) is 11.3 Å². The van der Waals surface area contributed by atoms with Gasteiger partial charge in [0.05, 0.1) is 23.6 Å². The smallest absolute Gasteiger partial charge is 0.171 e. The van der Waals surface area contributed by atoms with Crippen molar-refractivity contribution in [1.29, 1.82) is 0 Å². The number of hydrogen-bond acceptors (Lipinski definition) is 4. The summed E-state index contributed by atoms with van der Waals surface area (Å²) in [4.78, 5) is 17.7. The molecular weight excluding hydrogens is 216 g/mol. The van der Waals surface area contributed by atoms with Crippen LogP contribution in [0.1, 0.15) is 31.1 Å². The summed E-state index contributed by atoms with van der Waals surface area (Å²) in [5.41, 5.74) is 0.742. The lowest BCUT2D eigenvalue weighted by Crippen LogP contribution is -2.22. The van der Waals surface area contributed by atoms with Gasteiger partial charge in [-0.05, 0) is 6.07 Å². The third-order valence-electron chi connectivity index (χ3n) is 2.36. The highest BCUT2D eigenvalue weighted by Crippen LogP contribution is 2.23. The van der Waals surface area contributed by atoms with E-state index in [1.165, 1.54) is 4.80 Å². The summed E-state index contributed by atoms with van der Waals surface area (Å²) in [6, 6.07) is 1.74. The van der Waals surface area contributed by atoms with Gasteiger partial charge in [0.1, 0.15) is 0 Å². The van der Waals surface area contributed by atoms with Gasteiger partial charge in [0.15, 0.2) is 5.78 Å². The first-order chi connectivity index (χ1) is 8.00. The molecule has 2 rings (SSSR count). The lowest BCUT2D eigenvalue weighted by atomic mass is 9.86. The van der Waals surface area contributed by atoms with Crippen LogP contribution in [-0.2, 0) is 0 Å². The van der Waals surface area contributed by atoms with Crippen molar-refractivity contribution in [1.82, 2.24) is 20.0 Å². The van der Waals surface area contributed by atoms with Crippen LogP contribution in [0.2, 0.25) is 0 Å². The molecule has 0 N–H and O–H groups in total. The van der Waals surface area contributed by atoms with Gasteiger partial charge in [-0.2, -0.15) is 15.0 Å². The number of hydrogen-bond donors (Lipinski definition) is 0. The van der Waals surface area contributed by atoms with E-state index in [0.717, 1.165) is 0 Å². The lowest BCUT2D eigenvalue weighted by molar-refractivity contribution is 0.0857. The normalized spacial score (nSPS) is 11.5. The van der Waals surface area contributed by atoms with E-state index in [-0.39, 0.29) is 5.78 Å². The van der Waals surface area contributed by atoms with Gasteiger partial charge in [0.2, 0.25) is 0 Å². The molecular formula is C12H14N4O. The molecule has 0 saturated heterocycles. The van der Waals surface area contributed by atoms with Crippen molar-refractivity contribution in [3.05, 3.63) is 36.4 Å². The van der Waals surface area contributed by atoms with Crippen LogP contribution >= 0.6 is 0 Å². The van der Waals surface area contributed by atoms with Crippen LogP contribution in [0.5, 0.6) is 0 Å². The molecule has 0 aliphatic heterocycles. The molecule has 0 radical (unpaired) electrons. The minimum absolute atomic E-state index is 0.0258. The first kappa shape index (κ1) is 11.4. The van der Waals surface area contributed by atoms with Gasteiger partial charge in [-0.1, -0.05) is 20.8 Å². The minimum Gasteiger partial charge on any atom is -0.293 e. The van der Waals surface area contributed by atoms with E-state index in [4.69, 9.17) is 0 Å². The number of pyridine rings is 1. The van der Waals surface area contributed by atoms with Crippen molar-refractivity contribution < 1.29 is 4.79 Å². The average Bonchev–Trinajstić information content (AvgIpc) is 2.80. The number of nitrogens with zero attached hydrogens (tertiary/aromatic N) is 4. The Morgan fingerprint density at radius 1 is 1.18 bits per heavy atom. The average molecular weight is 230 g/mol. The fraction of sp³-hybridized carbons (Fsp3) is 0.333. The fourth-order valence-electron chi connectivity index (χ4n) is 1.48. The number of carbonyl (C=O) groups is 1. The third-order valence-corrected chi connectivity index (χ3v) is 2.36. The number of carbonyl (C=O) groups excluding carboxylic acids is 1. The maximum absolute atomic E-state index is 12.3. The van der Waals surface area contributed by atoms with Crippen molar-refractivity contribution in [2.45, 2.75) is 20.8 Å². The Bertz CT molecular complexity index is 526. The second-order valence-electron chi connectivity index (χ2n) is 4.79. The third kappa shape index (κ3) is 2.22. The molecule has 5 nitrogen and oxygen atoms in total. The fourth-order valence-corrected chi connectivity index (χ4v) is 1.48. The van der Waals surface area contributed by atoms with Gasteiger partial charge in [-0.25, -0.2) is 0 Å². The Morgan fingerprint density at radius 3 is 2.41 bits per heavy atom. The lowest BCUT2D eigenvalue weighted by Gasteiger charge is -2.17. The van der Waals surface area contributed by atoms with Crippen molar-refractivity contribution in [2.75, 3.05) is 0 Å². The van der Waals surface area contributed by atoms with Gasteiger partial charge in [-0.15, -0.1) is 0 Å². The highest BCUT2D eigenvalue weighted by molar-refractivity contribution is 6.02. The highest BCUT2D eigenvalue weighted by Gasteiger charge is 2.26. The van der Waals surface area contributed by atoms with Gasteiger partial charge in [-0.3, -0.25) is 9.78 Å². The molecule has 5 heteroatoms. The summed E-state index contributed by atoms with van der Waals surface area (Å²) in [5, 5.41) is 8.07. The summed E-state index contributed by atoms with van der Waals surface area (Å²) in [5.74, 6) is 0.0258. The van der Waals surface area contributed by atoms with Crippen LogP contribution in [0.15, 0.2) is 30.9 Å². The molecule has 17 heavy (non-hydrogen) atoms. The largest absolute Gasteiger partial charge is 0.293 e. The number of rotatable bonds is 2. The summed E-state index contributed by atoms with van der Waals surface area (Å²) >= 11 is 0. The number of Topliss-reactive ketones (excluding diaryl/α,β-unsaturated/α-hetero) is 1. The Hall–Kier alpha value is -2.04. The molecule has 0 bridgehead atoms. The van der Waals surface area contributed by atoms with Crippen LogP contribution < -0.4 is 0 Å². The van der Waals surface area contributed by atoms with Crippen LogP contribution in [0.4, 0.5) is 0 Å². The van der Waals surface area contributed by atoms with E-state index in [9.17, 15) is 4.79 Å². The van der Waals surface area contributed by atoms with E-state index in [2.05, 4.69) is 15.2 Å². The second kappa shape index (κ2) is 4.08. The molecule has 2 heterocycles. The van der Waals surface area contributed by atoms with E-state index < -0.39 is 5.41 Å². The second-order valence-corrected chi connectivity index (χ2v) is 4.79. The Balaban J connectivity index is 2.53. The van der Waals surface area contributed by atoms with Crippen molar-refractivity contribution in [2.24, 2.45) is 5.41 Å². The van der Waals surface area contributed by atoms with Crippen LogP contribution in [0, 0.1) is 5.41 Å². The van der Waals surface area contributed by atoms with Crippen LogP contribution in [0.25, 0.3) is 5.69 Å². The quantitative estimate of drug-likeness (QED) is 0.739. The molecule has 0 fully saturated rings. The van der Waals surface area contributed by atoms with Crippen molar-refractivity contribution >= 4 is 5.78 Å². The molecule has 0 amide bonds. The summed E-state index contributed by atoms with van der Waals surface area (Å²) < 4.78 is 0. The Labute approximate surface area is 99.5 Å². The molecule has 0 aromatic carbocycles. The van der Waals surface area contributed by atoms with Gasteiger partial charge in [0, 0.05) is 17.8 Å². The van der Waals surface area contributed by atoms with Crippen molar-refractivity contribution in [3.8, 4) is 5.69 Å². The predicted molar refractivity (Wildman–Crippen MR) is 62.9 cm³/mol. The Morgan fingerprint density at radius 2 is 1.82 bits per heavy atom. The maximum Gasteiger partial charge on any atom is 0.171 e. The molecule has 88 valence electrons. The standard InChI is InChI=1S/C12H14N4O/c1-12(2,3)11(17)9-8-13-5-4-10(9)16-14-6-7-15-16/h4-8H,1-3H3. The highest BCUT2D eigenvalue weighted by atomic mass is 16.1. The summed E-state index contributed by atoms with van der Waals surface area (Å²) in [6.07, 6.45) is 6.34. The molecule has 2 aromatic heterocycles. The van der Waals surface area contributed by atoms with E-state index in [1.54, 1.807) is 30.9 Å². The monoisotopic (exact) mass is 230 g/mol. The minimum atomic E-state index is -0.453. The van der Waals surface area contributed by atoms with Crippen molar-refractivity contribution in [3.63, 3.8) is 0 Å². The van der Waals surface area contributed by atoms with Gasteiger partial charge in [0.25, 0.3) is 0 Å². The zero-order chi connectivity index (χ0) is 12.5. The molecule has 2 aromatic rings. The first-order valence-corrected chi connectivity index (χ1v) is 5.35. The zero-order valence-corrected chi connectivity index (χ0v) is 10.1. The van der Waals surface area contributed by atoms with Crippen LogP contribution in [0.3, 0.4) is 0 Å². The van der Waals surface area contributed by atoms with Crippen LogP contribution in [-0.4, -0.2) is 25.8 Å². The molecule has 0 aliphatic carbocycles. The Kier molecular flexibility index (Phi) is 2.75. The first-order valence-electron chi connectivity index (χ1n) is 5.35. The molecule has 0 atom stereocenters. The maximum atomic E-state index is 12.3. The van der Waals surface area contributed by atoms with Gasteiger partial charge >= 0.3 is 0 Å². The number of ketones is 1. The molecule has 0 unspecified atom stereocenters. The topological polar surface area (TPSA) is 60.7 Å². The van der Waals surface area contributed by atoms with E-state index in [1.807, 2.05) is 20.8 Å². The number of aromatic nitrogens is 4. The summed E-state index contributed by atoms with van der Waals surface area (Å²) in [7, 11) is 0. The SMILES string of the molecule is CC(C)(C)C(=O)c1cnccc1-n1nccn1. The predicted octanol–water partition coefficient (Wildman–Crippen LogP) is 1.89. The van der Waals surface area contributed by atoms with E-state index >= 15 is 0 Å². The molecule has 0 spiro atoms. The van der Waals surface area contributed by atoms with Gasteiger partial charge < -0.3 is 0 Å². The summed E-state index contributed by atoms with van der Waals surface area (Å²) in [6.45, 7) is 5.63. The zero-order valence-electron chi connectivity index (χ0n) is 10.1. The molecule has 0 saturated carbocycles.